The van der Waals surface area contributed by atoms with Crippen molar-refractivity contribution < 1.29 is 18.8 Å². The maximum atomic E-state index is 12.2. The quantitative estimate of drug-likeness (QED) is 0.324. The van der Waals surface area contributed by atoms with Gasteiger partial charge in [0.1, 0.15) is 12.4 Å². The van der Waals surface area contributed by atoms with Crippen LogP contribution in [-0.4, -0.2) is 45.5 Å². The Bertz CT molecular complexity index is 468. The first-order chi connectivity index (χ1) is 11.1. The largest absolute Gasteiger partial charge is 0.410 e. The van der Waals surface area contributed by atoms with Gasteiger partial charge >= 0.3 is 0 Å². The van der Waals surface area contributed by atoms with Gasteiger partial charge in [0.2, 0.25) is 0 Å². The summed E-state index contributed by atoms with van der Waals surface area (Å²) in [7, 11) is -0.293. The third kappa shape index (κ3) is 6.46. The van der Waals surface area contributed by atoms with Crippen molar-refractivity contribution in [3.05, 3.63) is 11.0 Å². The van der Waals surface area contributed by atoms with E-state index in [1.165, 1.54) is 0 Å². The molecule has 0 saturated carbocycles. The van der Waals surface area contributed by atoms with Crippen LogP contribution in [0.2, 0.25) is 18.1 Å². The highest BCUT2D eigenvalue weighted by Gasteiger charge is 2.40. The van der Waals surface area contributed by atoms with Gasteiger partial charge in [-0.15, -0.1) is 11.8 Å². The van der Waals surface area contributed by atoms with E-state index < -0.39 is 8.32 Å². The van der Waals surface area contributed by atoms with Gasteiger partial charge in [-0.25, -0.2) is 0 Å². The van der Waals surface area contributed by atoms with Crippen molar-refractivity contribution in [2.45, 2.75) is 76.8 Å². The Kier molecular flexibility index (Phi) is 8.39. The van der Waals surface area contributed by atoms with Crippen molar-refractivity contribution in [1.82, 2.24) is 0 Å². The maximum absolute atomic E-state index is 12.2. The summed E-state index contributed by atoms with van der Waals surface area (Å²) >= 11 is 1.61. The molecule has 0 saturated heterocycles. The standard InChI is InChI=1S/C18H32O4SSi/c1-18(2,3)24(5,6)22-15-11-16(20)17(12-15)23-10-8-7-9-14(13-19)21-4/h12-15H,7-11H2,1-6H3. The van der Waals surface area contributed by atoms with Gasteiger partial charge in [-0.05, 0) is 49.2 Å². The van der Waals surface area contributed by atoms with Crippen LogP contribution in [0.25, 0.3) is 0 Å². The average Bonchev–Trinajstić information content (AvgIpc) is 2.81. The van der Waals surface area contributed by atoms with Gasteiger partial charge in [0.25, 0.3) is 0 Å². The number of carbonyl (C=O) groups excluding carboxylic acids is 2. The van der Waals surface area contributed by atoms with Gasteiger partial charge in [-0.1, -0.05) is 20.8 Å². The molecule has 0 aliphatic heterocycles. The van der Waals surface area contributed by atoms with E-state index in [2.05, 4.69) is 33.9 Å². The minimum absolute atomic E-state index is 0.0613. The van der Waals surface area contributed by atoms with E-state index in [9.17, 15) is 9.59 Å². The molecule has 0 heterocycles. The van der Waals surface area contributed by atoms with Crippen molar-refractivity contribution in [2.24, 2.45) is 0 Å². The molecule has 6 heteroatoms. The van der Waals surface area contributed by atoms with Crippen molar-refractivity contribution in [3.63, 3.8) is 0 Å². The second-order valence-corrected chi connectivity index (χ2v) is 13.7. The van der Waals surface area contributed by atoms with E-state index in [1.807, 2.05) is 6.08 Å². The van der Waals surface area contributed by atoms with Gasteiger partial charge in [-0.2, -0.15) is 0 Å². The summed E-state index contributed by atoms with van der Waals surface area (Å²) in [5.74, 6) is 1.09. The number of allylic oxidation sites excluding steroid dienone is 1. The molecule has 0 fully saturated rings. The fourth-order valence-corrected chi connectivity index (χ4v) is 4.56. The van der Waals surface area contributed by atoms with E-state index in [0.717, 1.165) is 36.2 Å². The molecule has 0 aromatic carbocycles. The van der Waals surface area contributed by atoms with Crippen LogP contribution in [0.3, 0.4) is 0 Å². The fourth-order valence-electron chi connectivity index (χ4n) is 2.23. The SMILES string of the molecule is COC(C=O)CCCCSC1=CC(O[Si](C)(C)C(C)(C)C)CC1=O. The lowest BCUT2D eigenvalue weighted by atomic mass is 10.2. The van der Waals surface area contributed by atoms with E-state index in [4.69, 9.17) is 9.16 Å². The van der Waals surface area contributed by atoms with Crippen molar-refractivity contribution >= 4 is 32.1 Å². The zero-order valence-electron chi connectivity index (χ0n) is 15.9. The number of hydrogen-bond acceptors (Lipinski definition) is 5. The predicted molar refractivity (Wildman–Crippen MR) is 103 cm³/mol. The van der Waals surface area contributed by atoms with Crippen LogP contribution in [0.1, 0.15) is 46.5 Å². The minimum atomic E-state index is -1.85. The fraction of sp³-hybridized carbons (Fsp3) is 0.778. The number of thioether (sulfide) groups is 1. The Hall–Kier alpha value is -0.433. The lowest BCUT2D eigenvalue weighted by Crippen LogP contribution is -2.43. The number of rotatable bonds is 10. The monoisotopic (exact) mass is 372 g/mol. The molecule has 1 rings (SSSR count). The molecular formula is C18H32O4SSi. The molecule has 1 aliphatic carbocycles. The molecule has 1 aliphatic rings. The van der Waals surface area contributed by atoms with E-state index in [-0.39, 0.29) is 23.0 Å². The number of carbonyl (C=O) groups is 2. The van der Waals surface area contributed by atoms with Crippen molar-refractivity contribution in [2.75, 3.05) is 12.9 Å². The van der Waals surface area contributed by atoms with Crippen LogP contribution >= 0.6 is 11.8 Å². The Balaban J connectivity index is 2.41. The average molecular weight is 373 g/mol. The smallest absolute Gasteiger partial charge is 0.192 e. The van der Waals surface area contributed by atoms with Crippen LogP contribution in [0, 0.1) is 0 Å². The highest BCUT2D eigenvalue weighted by atomic mass is 32.2. The van der Waals surface area contributed by atoms with Gasteiger partial charge < -0.3 is 14.0 Å². The molecule has 138 valence electrons. The highest BCUT2D eigenvalue weighted by Crippen LogP contribution is 2.39. The molecule has 0 amide bonds. The molecule has 0 radical (unpaired) electrons. The summed E-state index contributed by atoms with van der Waals surface area (Å²) in [5.41, 5.74) is 0. The summed E-state index contributed by atoms with van der Waals surface area (Å²) in [4.78, 5) is 23.7. The Morgan fingerprint density at radius 2 is 2.04 bits per heavy atom. The zero-order chi connectivity index (χ0) is 18.4. The van der Waals surface area contributed by atoms with Gasteiger partial charge in [0.05, 0.1) is 6.10 Å². The second-order valence-electron chi connectivity index (χ2n) is 7.83. The zero-order valence-corrected chi connectivity index (χ0v) is 17.7. The van der Waals surface area contributed by atoms with Crippen molar-refractivity contribution in [3.8, 4) is 0 Å². The van der Waals surface area contributed by atoms with E-state index in [1.54, 1.807) is 18.9 Å². The molecule has 0 bridgehead atoms. The molecular weight excluding hydrogens is 340 g/mol. The number of Topliss-reactive ketones (excluding diaryl/α,β-unsaturated/α-hetero) is 1. The van der Waals surface area contributed by atoms with Crippen molar-refractivity contribution in [1.29, 1.82) is 0 Å². The Morgan fingerprint density at radius 3 is 2.58 bits per heavy atom. The summed E-state index contributed by atoms with van der Waals surface area (Å²) in [5, 5.41) is 0.149. The minimum Gasteiger partial charge on any atom is -0.410 e. The normalized spacial score (nSPS) is 20.2. The number of methoxy groups -OCH3 is 1. The first-order valence-corrected chi connectivity index (χ1v) is 12.5. The maximum Gasteiger partial charge on any atom is 0.192 e. The first-order valence-electron chi connectivity index (χ1n) is 8.64. The molecule has 0 spiro atoms. The Labute approximate surface area is 151 Å². The van der Waals surface area contributed by atoms with Crippen LogP contribution in [0.5, 0.6) is 0 Å². The van der Waals surface area contributed by atoms with E-state index >= 15 is 0 Å². The molecule has 0 aromatic heterocycles. The van der Waals surface area contributed by atoms with Crippen LogP contribution in [-0.2, 0) is 18.8 Å². The van der Waals surface area contributed by atoms with Crippen LogP contribution < -0.4 is 0 Å². The predicted octanol–water partition coefficient (Wildman–Crippen LogP) is 4.35. The highest BCUT2D eigenvalue weighted by molar-refractivity contribution is 8.04. The third-order valence-electron chi connectivity index (χ3n) is 4.85. The van der Waals surface area contributed by atoms with Gasteiger partial charge in [-0.3, -0.25) is 4.79 Å². The number of hydrogen-bond donors (Lipinski definition) is 0. The summed E-state index contributed by atoms with van der Waals surface area (Å²) < 4.78 is 11.4. The molecule has 24 heavy (non-hydrogen) atoms. The second kappa shape index (κ2) is 9.32. The number of ketones is 1. The van der Waals surface area contributed by atoms with Crippen LogP contribution in [0.4, 0.5) is 0 Å². The summed E-state index contributed by atoms with van der Waals surface area (Å²) in [6.45, 7) is 11.1. The molecule has 2 unspecified atom stereocenters. The topological polar surface area (TPSA) is 52.6 Å². The number of unbranched alkanes of at least 4 members (excludes halogenated alkanes) is 1. The number of ether oxygens (including phenoxy) is 1. The summed E-state index contributed by atoms with van der Waals surface area (Å²) in [6.07, 6.45) is 5.61. The van der Waals surface area contributed by atoms with E-state index in [0.29, 0.717) is 6.42 Å². The first kappa shape index (κ1) is 21.6. The molecule has 2 atom stereocenters. The third-order valence-corrected chi connectivity index (χ3v) is 10.5. The molecule has 0 N–H and O–H groups in total. The molecule has 0 aromatic rings. The Morgan fingerprint density at radius 1 is 1.38 bits per heavy atom. The van der Waals surface area contributed by atoms with Gasteiger partial charge in [0.15, 0.2) is 14.1 Å². The lowest BCUT2D eigenvalue weighted by Gasteiger charge is -2.37. The lowest BCUT2D eigenvalue weighted by molar-refractivity contribution is -0.117. The van der Waals surface area contributed by atoms with Gasteiger partial charge in [0, 0.05) is 18.4 Å². The number of aldehydes is 1. The molecule has 4 nitrogen and oxygen atoms in total. The van der Waals surface area contributed by atoms with Crippen LogP contribution in [0.15, 0.2) is 11.0 Å². The summed E-state index contributed by atoms with van der Waals surface area (Å²) in [6, 6.07) is 0.